The van der Waals surface area contributed by atoms with Crippen molar-refractivity contribution in [1.82, 2.24) is 15.3 Å². The maximum Gasteiger partial charge on any atom is 0.257 e. The number of benzene rings is 2. The number of amides is 1. The summed E-state index contributed by atoms with van der Waals surface area (Å²) in [5.41, 5.74) is 2.39. The van der Waals surface area contributed by atoms with Crippen LogP contribution in [0.5, 0.6) is 11.6 Å². The summed E-state index contributed by atoms with van der Waals surface area (Å²) in [7, 11) is 0. The van der Waals surface area contributed by atoms with Gasteiger partial charge in [0.15, 0.2) is 11.6 Å². The lowest BCUT2D eigenvalue weighted by Crippen LogP contribution is -2.40. The number of nitrogens with one attached hydrogen (secondary N) is 2. The SMILES string of the molecule is Cc1cc(N[C@H]2CC[C@@H](NC(=O)c3cccnc3Oc3ccc(F)c(F)c3)CC2)nc2ccccc12.Cl. The molecule has 0 atom stereocenters. The van der Waals surface area contributed by atoms with E-state index in [1.54, 1.807) is 12.1 Å². The maximum absolute atomic E-state index is 13.5. The van der Waals surface area contributed by atoms with Gasteiger partial charge in [-0.3, -0.25) is 4.79 Å². The minimum Gasteiger partial charge on any atom is -0.438 e. The third-order valence-electron chi connectivity index (χ3n) is 6.46. The van der Waals surface area contributed by atoms with E-state index in [-0.39, 0.29) is 47.6 Å². The van der Waals surface area contributed by atoms with Crippen LogP contribution in [0.2, 0.25) is 0 Å². The summed E-state index contributed by atoms with van der Waals surface area (Å²) in [4.78, 5) is 21.8. The molecule has 192 valence electrons. The summed E-state index contributed by atoms with van der Waals surface area (Å²) in [5, 5.41) is 7.77. The predicted molar refractivity (Wildman–Crippen MR) is 142 cm³/mol. The molecule has 0 spiro atoms. The van der Waals surface area contributed by atoms with E-state index < -0.39 is 11.6 Å². The van der Waals surface area contributed by atoms with E-state index in [9.17, 15) is 13.6 Å². The summed E-state index contributed by atoms with van der Waals surface area (Å²) < 4.78 is 32.3. The lowest BCUT2D eigenvalue weighted by Gasteiger charge is -2.30. The second-order valence-corrected chi connectivity index (χ2v) is 9.04. The van der Waals surface area contributed by atoms with Crippen LogP contribution in [0.15, 0.2) is 66.9 Å². The molecule has 1 amide bonds. The molecule has 2 N–H and O–H groups in total. The minimum atomic E-state index is -1.03. The van der Waals surface area contributed by atoms with Crippen molar-refractivity contribution in [3.8, 4) is 11.6 Å². The molecule has 4 aromatic rings. The average Bonchev–Trinajstić information content (AvgIpc) is 2.88. The molecule has 6 nitrogen and oxygen atoms in total. The Labute approximate surface area is 219 Å². The van der Waals surface area contributed by atoms with E-state index in [0.29, 0.717) is 0 Å². The molecule has 2 aromatic carbocycles. The van der Waals surface area contributed by atoms with Crippen molar-refractivity contribution in [3.63, 3.8) is 0 Å². The van der Waals surface area contributed by atoms with Crippen LogP contribution in [0.3, 0.4) is 0 Å². The van der Waals surface area contributed by atoms with Crippen molar-refractivity contribution in [1.29, 1.82) is 0 Å². The van der Waals surface area contributed by atoms with Gasteiger partial charge in [-0.1, -0.05) is 18.2 Å². The number of anilines is 1. The van der Waals surface area contributed by atoms with Gasteiger partial charge in [-0.2, -0.15) is 0 Å². The van der Waals surface area contributed by atoms with Gasteiger partial charge in [0.1, 0.15) is 17.1 Å². The van der Waals surface area contributed by atoms with Crippen LogP contribution in [0.1, 0.15) is 41.6 Å². The molecule has 1 aliphatic carbocycles. The second kappa shape index (κ2) is 11.5. The molecular formula is C28H27ClF2N4O2. The number of aromatic nitrogens is 2. The van der Waals surface area contributed by atoms with Gasteiger partial charge in [0, 0.05) is 29.7 Å². The lowest BCUT2D eigenvalue weighted by atomic mass is 9.91. The topological polar surface area (TPSA) is 76.1 Å². The molecule has 0 unspecified atom stereocenters. The summed E-state index contributed by atoms with van der Waals surface area (Å²) in [6, 6.07) is 16.9. The zero-order valence-electron chi connectivity index (χ0n) is 20.2. The fourth-order valence-corrected chi connectivity index (χ4v) is 4.57. The molecule has 37 heavy (non-hydrogen) atoms. The summed E-state index contributed by atoms with van der Waals surface area (Å²) >= 11 is 0. The average molecular weight is 525 g/mol. The number of para-hydroxylation sites is 1. The van der Waals surface area contributed by atoms with Gasteiger partial charge in [-0.15, -0.1) is 12.4 Å². The molecule has 0 bridgehead atoms. The van der Waals surface area contributed by atoms with Crippen LogP contribution in [-0.4, -0.2) is 28.0 Å². The Morgan fingerprint density at radius 1 is 0.946 bits per heavy atom. The van der Waals surface area contributed by atoms with Crippen molar-refractivity contribution in [2.45, 2.75) is 44.7 Å². The van der Waals surface area contributed by atoms with Crippen molar-refractivity contribution >= 4 is 35.0 Å². The third-order valence-corrected chi connectivity index (χ3v) is 6.46. The zero-order chi connectivity index (χ0) is 25.1. The number of rotatable bonds is 6. The number of halogens is 3. The quantitative estimate of drug-likeness (QED) is 0.298. The number of hydrogen-bond donors (Lipinski definition) is 2. The number of carbonyl (C=O) groups excluding carboxylic acids is 1. The van der Waals surface area contributed by atoms with E-state index >= 15 is 0 Å². The number of ether oxygens (including phenoxy) is 1. The largest absolute Gasteiger partial charge is 0.438 e. The first-order valence-electron chi connectivity index (χ1n) is 12.0. The molecule has 1 saturated carbocycles. The lowest BCUT2D eigenvalue weighted by molar-refractivity contribution is 0.0923. The molecule has 0 aliphatic heterocycles. The van der Waals surface area contributed by atoms with Crippen LogP contribution < -0.4 is 15.4 Å². The van der Waals surface area contributed by atoms with E-state index in [2.05, 4.69) is 34.7 Å². The number of fused-ring (bicyclic) bond motifs is 1. The Kier molecular flexibility index (Phi) is 8.18. The van der Waals surface area contributed by atoms with Crippen LogP contribution in [-0.2, 0) is 0 Å². The first-order valence-corrected chi connectivity index (χ1v) is 12.0. The van der Waals surface area contributed by atoms with Crippen molar-refractivity contribution in [3.05, 3.63) is 89.6 Å². The van der Waals surface area contributed by atoms with E-state index in [4.69, 9.17) is 9.72 Å². The molecule has 1 aliphatic rings. The second-order valence-electron chi connectivity index (χ2n) is 9.04. The molecular weight excluding hydrogens is 498 g/mol. The number of hydrogen-bond acceptors (Lipinski definition) is 5. The highest BCUT2D eigenvalue weighted by atomic mass is 35.5. The van der Waals surface area contributed by atoms with Crippen LogP contribution in [0.4, 0.5) is 14.6 Å². The first kappa shape index (κ1) is 26.3. The Balaban J connectivity index is 0.00000320. The van der Waals surface area contributed by atoms with Gasteiger partial charge >= 0.3 is 0 Å². The normalized spacial score (nSPS) is 17.1. The molecule has 5 rings (SSSR count). The molecule has 0 radical (unpaired) electrons. The minimum absolute atomic E-state index is 0. The molecule has 0 saturated heterocycles. The number of pyridine rings is 2. The van der Waals surface area contributed by atoms with Gasteiger partial charge in [-0.25, -0.2) is 18.7 Å². The van der Waals surface area contributed by atoms with Crippen molar-refractivity contribution in [2.75, 3.05) is 5.32 Å². The Hall–Kier alpha value is -3.78. The number of nitrogens with zero attached hydrogens (tertiary/aromatic N) is 2. The van der Waals surface area contributed by atoms with Crippen LogP contribution in [0.25, 0.3) is 10.9 Å². The Morgan fingerprint density at radius 3 is 2.49 bits per heavy atom. The molecule has 2 heterocycles. The zero-order valence-corrected chi connectivity index (χ0v) is 21.0. The van der Waals surface area contributed by atoms with Crippen molar-refractivity contribution in [2.24, 2.45) is 0 Å². The van der Waals surface area contributed by atoms with Gasteiger partial charge in [0.25, 0.3) is 5.91 Å². The predicted octanol–water partition coefficient (Wildman–Crippen LogP) is 6.58. The summed E-state index contributed by atoms with van der Waals surface area (Å²) in [6.07, 6.45) is 4.89. The van der Waals surface area contributed by atoms with Crippen LogP contribution >= 0.6 is 12.4 Å². The summed E-state index contributed by atoms with van der Waals surface area (Å²) in [6.45, 7) is 2.09. The smallest absolute Gasteiger partial charge is 0.257 e. The highest BCUT2D eigenvalue weighted by Gasteiger charge is 2.25. The molecule has 9 heteroatoms. The third kappa shape index (κ3) is 6.14. The summed E-state index contributed by atoms with van der Waals surface area (Å²) in [5.74, 6) is -1.36. The standard InChI is InChI=1S/C28H26F2N4O2.ClH/c1-17-15-26(34-25-7-3-2-5-21(17)25)32-18-8-10-19(11-9-18)33-27(35)22-6-4-14-31-28(22)36-20-12-13-23(29)24(30)16-20;/h2-7,12-16,18-19H,8-11H2,1H3,(H,32,34)(H,33,35);1H/t18-,19+;. The fourth-order valence-electron chi connectivity index (χ4n) is 4.57. The van der Waals surface area contributed by atoms with Gasteiger partial charge in [0.2, 0.25) is 5.88 Å². The first-order chi connectivity index (χ1) is 17.5. The molecule has 1 fully saturated rings. The highest BCUT2D eigenvalue weighted by Crippen LogP contribution is 2.27. The van der Waals surface area contributed by atoms with E-state index in [1.165, 1.54) is 17.8 Å². The Morgan fingerprint density at radius 2 is 1.70 bits per heavy atom. The van der Waals surface area contributed by atoms with E-state index in [1.807, 2.05) is 18.2 Å². The van der Waals surface area contributed by atoms with Gasteiger partial charge < -0.3 is 15.4 Å². The van der Waals surface area contributed by atoms with E-state index in [0.717, 1.165) is 54.5 Å². The Bertz CT molecular complexity index is 1410. The van der Waals surface area contributed by atoms with Gasteiger partial charge in [-0.05, 0) is 74.6 Å². The monoisotopic (exact) mass is 524 g/mol. The van der Waals surface area contributed by atoms with Crippen LogP contribution in [0, 0.1) is 18.6 Å². The van der Waals surface area contributed by atoms with Crippen molar-refractivity contribution < 1.29 is 18.3 Å². The highest BCUT2D eigenvalue weighted by molar-refractivity contribution is 5.96. The molecule has 2 aromatic heterocycles. The number of aryl methyl sites for hydroxylation is 1. The maximum atomic E-state index is 13.5. The fraction of sp³-hybridized carbons (Fsp3) is 0.250. The van der Waals surface area contributed by atoms with Gasteiger partial charge in [0.05, 0.1) is 5.52 Å². The number of carbonyl (C=O) groups is 1.